The first-order valence-corrected chi connectivity index (χ1v) is 10.8. The summed E-state index contributed by atoms with van der Waals surface area (Å²) >= 11 is 0. The van der Waals surface area contributed by atoms with E-state index < -0.39 is 7.26 Å². The number of rotatable bonds is 4. The molecule has 0 amide bonds. The summed E-state index contributed by atoms with van der Waals surface area (Å²) in [6, 6.07) is 33.1. The molecule has 3 aromatic rings. The van der Waals surface area contributed by atoms with Crippen molar-refractivity contribution in [2.75, 3.05) is 0 Å². The van der Waals surface area contributed by atoms with Gasteiger partial charge in [0.05, 0.1) is 5.31 Å². The van der Waals surface area contributed by atoms with Crippen LogP contribution < -0.4 is 15.9 Å². The van der Waals surface area contributed by atoms with Gasteiger partial charge in [-0.25, -0.2) is 0 Å². The molecule has 1 heteroatoms. The second kappa shape index (κ2) is 7.68. The van der Waals surface area contributed by atoms with Gasteiger partial charge >= 0.3 is 0 Å². The fourth-order valence-corrected chi connectivity index (χ4v) is 8.15. The minimum atomic E-state index is -1.90. The summed E-state index contributed by atoms with van der Waals surface area (Å²) in [5.74, 6) is 0. The molecule has 0 fully saturated rings. The van der Waals surface area contributed by atoms with Crippen molar-refractivity contribution in [2.45, 2.75) is 6.42 Å². The summed E-state index contributed by atoms with van der Waals surface area (Å²) in [5, 5.41) is 5.72. The molecule has 0 spiro atoms. The Morgan fingerprint density at radius 1 is 0.500 bits per heavy atom. The topological polar surface area (TPSA) is 0 Å². The zero-order valence-corrected chi connectivity index (χ0v) is 15.6. The molecule has 0 N–H and O–H groups in total. The SMILES string of the molecule is C1=CC=C([P+](c2ccccc2)(c2ccccc2)c2ccccc2)CC=C1. The van der Waals surface area contributed by atoms with Crippen LogP contribution in [0.15, 0.2) is 127 Å². The highest BCUT2D eigenvalue weighted by molar-refractivity contribution is 7.99. The second-order valence-electron chi connectivity index (χ2n) is 6.35. The first-order chi connectivity index (χ1) is 12.9. The number of hydrogen-bond donors (Lipinski definition) is 0. The zero-order valence-electron chi connectivity index (χ0n) is 14.7. The summed E-state index contributed by atoms with van der Waals surface area (Å²) in [7, 11) is -1.90. The first kappa shape index (κ1) is 16.8. The molecule has 0 aromatic heterocycles. The van der Waals surface area contributed by atoms with Crippen molar-refractivity contribution in [3.63, 3.8) is 0 Å². The third-order valence-corrected chi connectivity index (χ3v) is 9.25. The van der Waals surface area contributed by atoms with Crippen molar-refractivity contribution in [2.24, 2.45) is 0 Å². The summed E-state index contributed by atoms with van der Waals surface area (Å²) in [5.41, 5.74) is 0. The lowest BCUT2D eigenvalue weighted by molar-refractivity contribution is 1.36. The van der Waals surface area contributed by atoms with Crippen molar-refractivity contribution in [3.05, 3.63) is 127 Å². The summed E-state index contributed by atoms with van der Waals surface area (Å²) in [6.45, 7) is 0. The Labute approximate surface area is 156 Å². The van der Waals surface area contributed by atoms with Crippen LogP contribution in [0.2, 0.25) is 0 Å². The van der Waals surface area contributed by atoms with Crippen LogP contribution in [0.1, 0.15) is 6.42 Å². The Morgan fingerprint density at radius 3 is 1.42 bits per heavy atom. The van der Waals surface area contributed by atoms with E-state index >= 15 is 0 Å². The minimum absolute atomic E-state index is 0.972. The quantitative estimate of drug-likeness (QED) is 0.552. The van der Waals surface area contributed by atoms with Gasteiger partial charge in [-0.05, 0) is 42.5 Å². The van der Waals surface area contributed by atoms with Crippen LogP contribution in [-0.2, 0) is 0 Å². The fraction of sp³-hybridized carbons (Fsp3) is 0.0400. The van der Waals surface area contributed by atoms with E-state index in [1.54, 1.807) is 0 Å². The van der Waals surface area contributed by atoms with Crippen LogP contribution in [0, 0.1) is 0 Å². The molecule has 0 aliphatic heterocycles. The molecule has 1 aliphatic rings. The molecule has 0 heterocycles. The summed E-state index contributed by atoms with van der Waals surface area (Å²) in [4.78, 5) is 0. The Bertz CT molecular complexity index is 839. The highest BCUT2D eigenvalue weighted by Crippen LogP contribution is 2.63. The van der Waals surface area contributed by atoms with Gasteiger partial charge in [0.2, 0.25) is 0 Å². The lowest BCUT2D eigenvalue weighted by atomic mass is 10.3. The van der Waals surface area contributed by atoms with E-state index in [9.17, 15) is 0 Å². The van der Waals surface area contributed by atoms with Gasteiger partial charge in [-0.3, -0.25) is 0 Å². The van der Waals surface area contributed by atoms with Crippen LogP contribution in [0.4, 0.5) is 0 Å². The molecular formula is C25H22P+. The fourth-order valence-electron chi connectivity index (χ4n) is 3.71. The molecule has 0 saturated carbocycles. The van der Waals surface area contributed by atoms with Crippen LogP contribution in [-0.4, -0.2) is 0 Å². The maximum atomic E-state index is 2.33. The second-order valence-corrected chi connectivity index (χ2v) is 9.82. The number of benzene rings is 3. The van der Waals surface area contributed by atoms with Crippen LogP contribution in [0.25, 0.3) is 0 Å². The normalized spacial score (nSPS) is 13.9. The molecule has 0 nitrogen and oxygen atoms in total. The molecule has 0 unspecified atom stereocenters. The van der Waals surface area contributed by atoms with Gasteiger partial charge in [0.1, 0.15) is 23.2 Å². The third-order valence-electron chi connectivity index (χ3n) is 4.84. The maximum absolute atomic E-state index is 2.33. The molecule has 3 aromatic carbocycles. The standard InChI is InChI=1S/C25H22P/c1-2-7-15-22(14-6-1)26(23-16-8-3-9-17-23,24-18-10-4-11-19-24)25-20-12-5-13-21-25/h1-14,16-21H,15H2/q+1. The Morgan fingerprint density at radius 2 is 0.962 bits per heavy atom. The van der Waals surface area contributed by atoms with Gasteiger partial charge < -0.3 is 0 Å². The lowest BCUT2D eigenvalue weighted by Gasteiger charge is -2.29. The predicted octanol–water partition coefficient (Wildman–Crippen LogP) is 5.38. The van der Waals surface area contributed by atoms with E-state index in [1.165, 1.54) is 21.2 Å². The van der Waals surface area contributed by atoms with Crippen molar-refractivity contribution < 1.29 is 0 Å². The Kier molecular flexibility index (Phi) is 4.95. The summed E-state index contributed by atoms with van der Waals surface area (Å²) < 4.78 is 0. The highest BCUT2D eigenvalue weighted by atomic mass is 31.2. The Balaban J connectivity index is 2.09. The summed E-state index contributed by atoms with van der Waals surface area (Å²) in [6.07, 6.45) is 12.0. The maximum Gasteiger partial charge on any atom is 0.140 e. The number of allylic oxidation sites excluding steroid dienone is 6. The van der Waals surface area contributed by atoms with Gasteiger partial charge in [-0.1, -0.05) is 78.9 Å². The number of hydrogen-bond acceptors (Lipinski definition) is 0. The van der Waals surface area contributed by atoms with Crippen molar-refractivity contribution in [3.8, 4) is 0 Å². The monoisotopic (exact) mass is 353 g/mol. The van der Waals surface area contributed by atoms with Gasteiger partial charge in [-0.2, -0.15) is 0 Å². The van der Waals surface area contributed by atoms with Crippen molar-refractivity contribution in [1.82, 2.24) is 0 Å². The van der Waals surface area contributed by atoms with Gasteiger partial charge in [0, 0.05) is 6.42 Å². The van der Waals surface area contributed by atoms with Gasteiger partial charge in [-0.15, -0.1) is 0 Å². The molecular weight excluding hydrogens is 331 g/mol. The van der Waals surface area contributed by atoms with Crippen molar-refractivity contribution in [1.29, 1.82) is 0 Å². The molecule has 0 radical (unpaired) electrons. The first-order valence-electron chi connectivity index (χ1n) is 9.01. The van der Waals surface area contributed by atoms with Gasteiger partial charge in [0.15, 0.2) is 0 Å². The lowest BCUT2D eigenvalue weighted by Crippen LogP contribution is -2.32. The van der Waals surface area contributed by atoms with E-state index in [0.717, 1.165) is 6.42 Å². The predicted molar refractivity (Wildman–Crippen MR) is 116 cm³/mol. The molecule has 4 rings (SSSR count). The zero-order chi connectivity index (χ0) is 17.7. The average molecular weight is 353 g/mol. The van der Waals surface area contributed by atoms with E-state index in [0.29, 0.717) is 0 Å². The van der Waals surface area contributed by atoms with E-state index in [4.69, 9.17) is 0 Å². The molecule has 0 atom stereocenters. The third kappa shape index (κ3) is 2.98. The molecule has 1 aliphatic carbocycles. The van der Waals surface area contributed by atoms with E-state index in [2.05, 4.69) is 121 Å². The largest absolute Gasteiger partial charge is 0.140 e. The van der Waals surface area contributed by atoms with E-state index in [-0.39, 0.29) is 0 Å². The Hall–Kier alpha value is -2.69. The highest BCUT2D eigenvalue weighted by Gasteiger charge is 2.48. The van der Waals surface area contributed by atoms with Crippen LogP contribution >= 0.6 is 7.26 Å². The smallest absolute Gasteiger partial charge is 0.0768 e. The van der Waals surface area contributed by atoms with Gasteiger partial charge in [0.25, 0.3) is 0 Å². The van der Waals surface area contributed by atoms with Crippen LogP contribution in [0.3, 0.4) is 0 Å². The molecule has 0 bridgehead atoms. The average Bonchev–Trinajstić information content (AvgIpc) is 3.01. The molecule has 26 heavy (non-hydrogen) atoms. The minimum Gasteiger partial charge on any atom is -0.0768 e. The van der Waals surface area contributed by atoms with E-state index in [1.807, 2.05) is 0 Å². The van der Waals surface area contributed by atoms with Crippen LogP contribution in [0.5, 0.6) is 0 Å². The molecule has 0 saturated heterocycles. The van der Waals surface area contributed by atoms with Crippen molar-refractivity contribution >= 4 is 23.2 Å². The molecule has 126 valence electrons.